The fourth-order valence-corrected chi connectivity index (χ4v) is 3.96. The van der Waals surface area contributed by atoms with Gasteiger partial charge in [-0.15, -0.1) is 0 Å². The number of ether oxygens (including phenoxy) is 1. The monoisotopic (exact) mass is 415 g/mol. The first-order valence-corrected chi connectivity index (χ1v) is 10.5. The standard InChI is InChI=1S/C23H25N7O/c1-16-13-29(14-17(2)31-16)21-9-8-18(11-24-21)12-25-22-10-20(19-6-4-3-5-7-19)28-23-26-15-27-30(22)23/h3-11,15-17,25H,12-14H2,1-2H3/t16-,17-/m1/s1. The molecule has 158 valence electrons. The highest BCUT2D eigenvalue weighted by atomic mass is 16.5. The minimum absolute atomic E-state index is 0.211. The fraction of sp³-hybridized carbons (Fsp3) is 0.304. The van der Waals surface area contributed by atoms with E-state index >= 15 is 0 Å². The van der Waals surface area contributed by atoms with Crippen molar-refractivity contribution in [1.82, 2.24) is 24.6 Å². The molecule has 4 heterocycles. The fourth-order valence-electron chi connectivity index (χ4n) is 3.96. The maximum atomic E-state index is 5.82. The number of pyridine rings is 1. The van der Waals surface area contributed by atoms with Gasteiger partial charge in [0, 0.05) is 37.5 Å². The van der Waals surface area contributed by atoms with Gasteiger partial charge in [-0.25, -0.2) is 9.97 Å². The van der Waals surface area contributed by atoms with Crippen LogP contribution in [0.2, 0.25) is 0 Å². The normalized spacial score (nSPS) is 19.0. The number of nitrogens with zero attached hydrogens (tertiary/aromatic N) is 6. The predicted octanol–water partition coefficient (Wildman–Crippen LogP) is 3.41. The van der Waals surface area contributed by atoms with Gasteiger partial charge in [-0.3, -0.25) is 0 Å². The summed E-state index contributed by atoms with van der Waals surface area (Å²) in [6, 6.07) is 16.3. The summed E-state index contributed by atoms with van der Waals surface area (Å²) < 4.78 is 7.53. The summed E-state index contributed by atoms with van der Waals surface area (Å²) >= 11 is 0. The van der Waals surface area contributed by atoms with Crippen LogP contribution in [0.15, 0.2) is 61.1 Å². The molecule has 3 aromatic heterocycles. The topological polar surface area (TPSA) is 80.5 Å². The Balaban J connectivity index is 1.33. The molecule has 0 aliphatic carbocycles. The van der Waals surface area contributed by atoms with Crippen LogP contribution >= 0.6 is 0 Å². The summed E-state index contributed by atoms with van der Waals surface area (Å²) in [7, 11) is 0. The lowest BCUT2D eigenvalue weighted by Gasteiger charge is -2.36. The first-order chi connectivity index (χ1) is 15.2. The van der Waals surface area contributed by atoms with E-state index in [4.69, 9.17) is 4.74 Å². The summed E-state index contributed by atoms with van der Waals surface area (Å²) in [6.07, 6.45) is 3.86. The number of anilines is 2. The predicted molar refractivity (Wildman–Crippen MR) is 120 cm³/mol. The number of hydrogen-bond acceptors (Lipinski definition) is 7. The van der Waals surface area contributed by atoms with Gasteiger partial charge in [-0.05, 0) is 25.5 Å². The largest absolute Gasteiger partial charge is 0.372 e. The molecular formula is C23H25N7O. The van der Waals surface area contributed by atoms with E-state index in [1.807, 2.05) is 42.6 Å². The Hall–Kier alpha value is -3.52. The zero-order valence-corrected chi connectivity index (χ0v) is 17.6. The first-order valence-electron chi connectivity index (χ1n) is 10.5. The molecule has 0 radical (unpaired) electrons. The van der Waals surface area contributed by atoms with E-state index < -0.39 is 0 Å². The lowest BCUT2D eigenvalue weighted by molar-refractivity contribution is -0.00545. The zero-order valence-electron chi connectivity index (χ0n) is 17.6. The molecule has 0 bridgehead atoms. The lowest BCUT2D eigenvalue weighted by Crippen LogP contribution is -2.45. The van der Waals surface area contributed by atoms with E-state index in [0.29, 0.717) is 12.3 Å². The van der Waals surface area contributed by atoms with E-state index in [1.165, 1.54) is 6.33 Å². The number of nitrogens with one attached hydrogen (secondary N) is 1. The van der Waals surface area contributed by atoms with Crippen molar-refractivity contribution < 1.29 is 4.74 Å². The second kappa shape index (κ2) is 8.31. The molecule has 0 spiro atoms. The van der Waals surface area contributed by atoms with E-state index in [1.54, 1.807) is 4.52 Å². The molecule has 0 unspecified atom stereocenters. The molecule has 1 aromatic carbocycles. The third-order valence-corrected chi connectivity index (χ3v) is 5.35. The molecule has 1 saturated heterocycles. The van der Waals surface area contributed by atoms with Gasteiger partial charge in [-0.1, -0.05) is 36.4 Å². The number of benzene rings is 1. The zero-order chi connectivity index (χ0) is 21.2. The number of hydrogen-bond donors (Lipinski definition) is 1. The number of rotatable bonds is 5. The molecule has 31 heavy (non-hydrogen) atoms. The molecule has 2 atom stereocenters. The van der Waals surface area contributed by atoms with Crippen LogP contribution in [0.1, 0.15) is 19.4 Å². The smallest absolute Gasteiger partial charge is 0.254 e. The Kier molecular flexibility index (Phi) is 5.21. The summed E-state index contributed by atoms with van der Waals surface area (Å²) in [5, 5.41) is 7.76. The molecule has 1 aliphatic heterocycles. The molecule has 8 nitrogen and oxygen atoms in total. The van der Waals surface area contributed by atoms with Gasteiger partial charge in [0.15, 0.2) is 0 Å². The van der Waals surface area contributed by atoms with Crippen LogP contribution in [0.25, 0.3) is 17.0 Å². The Morgan fingerprint density at radius 2 is 1.84 bits per heavy atom. The van der Waals surface area contributed by atoms with E-state index in [2.05, 4.69) is 56.2 Å². The quantitative estimate of drug-likeness (QED) is 0.535. The van der Waals surface area contributed by atoms with Crippen LogP contribution < -0.4 is 10.2 Å². The Bertz CT molecular complexity index is 1150. The third kappa shape index (κ3) is 4.20. The van der Waals surface area contributed by atoms with E-state index in [0.717, 1.165) is 41.5 Å². The number of morpholine rings is 1. The van der Waals surface area contributed by atoms with Crippen molar-refractivity contribution in [3.8, 4) is 11.3 Å². The summed E-state index contributed by atoms with van der Waals surface area (Å²) in [4.78, 5) is 15.9. The van der Waals surface area contributed by atoms with Crippen molar-refractivity contribution in [2.75, 3.05) is 23.3 Å². The van der Waals surface area contributed by atoms with Crippen LogP contribution in [-0.2, 0) is 11.3 Å². The van der Waals surface area contributed by atoms with Crippen molar-refractivity contribution in [3.63, 3.8) is 0 Å². The van der Waals surface area contributed by atoms with Gasteiger partial charge in [0.1, 0.15) is 18.0 Å². The van der Waals surface area contributed by atoms with Gasteiger partial charge in [0.25, 0.3) is 5.78 Å². The van der Waals surface area contributed by atoms with Gasteiger partial charge in [0.2, 0.25) is 0 Å². The van der Waals surface area contributed by atoms with Gasteiger partial charge in [0.05, 0.1) is 17.9 Å². The average Bonchev–Trinajstić information content (AvgIpc) is 3.27. The highest BCUT2D eigenvalue weighted by Gasteiger charge is 2.23. The molecule has 1 N–H and O–H groups in total. The van der Waals surface area contributed by atoms with Crippen molar-refractivity contribution >= 4 is 17.4 Å². The molecule has 8 heteroatoms. The van der Waals surface area contributed by atoms with Gasteiger partial charge < -0.3 is 15.0 Å². The molecule has 1 fully saturated rings. The maximum absolute atomic E-state index is 5.82. The minimum atomic E-state index is 0.211. The van der Waals surface area contributed by atoms with Crippen LogP contribution in [-0.4, -0.2) is 49.9 Å². The van der Waals surface area contributed by atoms with Crippen molar-refractivity contribution in [1.29, 1.82) is 0 Å². The average molecular weight is 416 g/mol. The van der Waals surface area contributed by atoms with Gasteiger partial charge >= 0.3 is 0 Å². The summed E-state index contributed by atoms with van der Waals surface area (Å²) in [5.74, 6) is 2.38. The van der Waals surface area contributed by atoms with Crippen molar-refractivity contribution in [2.45, 2.75) is 32.6 Å². The second-order valence-electron chi connectivity index (χ2n) is 7.90. The van der Waals surface area contributed by atoms with Crippen LogP contribution in [0.5, 0.6) is 0 Å². The van der Waals surface area contributed by atoms with Crippen molar-refractivity contribution in [3.05, 3.63) is 66.6 Å². The minimum Gasteiger partial charge on any atom is -0.372 e. The van der Waals surface area contributed by atoms with Gasteiger partial charge in [-0.2, -0.15) is 14.6 Å². The second-order valence-corrected chi connectivity index (χ2v) is 7.90. The molecule has 4 aromatic rings. The highest BCUT2D eigenvalue weighted by molar-refractivity contribution is 5.65. The summed E-state index contributed by atoms with van der Waals surface area (Å²) in [6.45, 7) is 6.54. The molecule has 5 rings (SSSR count). The van der Waals surface area contributed by atoms with E-state index in [-0.39, 0.29) is 12.2 Å². The Labute approximate surface area is 180 Å². The number of fused-ring (bicyclic) bond motifs is 1. The van der Waals surface area contributed by atoms with Crippen LogP contribution in [0.4, 0.5) is 11.6 Å². The maximum Gasteiger partial charge on any atom is 0.254 e. The molecule has 1 aliphatic rings. The molecule has 0 amide bonds. The van der Waals surface area contributed by atoms with E-state index in [9.17, 15) is 0 Å². The molecule has 0 saturated carbocycles. The Morgan fingerprint density at radius 3 is 2.58 bits per heavy atom. The Morgan fingerprint density at radius 1 is 1.03 bits per heavy atom. The lowest BCUT2D eigenvalue weighted by atomic mass is 10.1. The highest BCUT2D eigenvalue weighted by Crippen LogP contribution is 2.22. The molecular weight excluding hydrogens is 390 g/mol. The third-order valence-electron chi connectivity index (χ3n) is 5.35. The van der Waals surface area contributed by atoms with Crippen LogP contribution in [0, 0.1) is 0 Å². The van der Waals surface area contributed by atoms with Crippen LogP contribution in [0.3, 0.4) is 0 Å². The SMILES string of the molecule is C[C@@H]1CN(c2ccc(CNc3cc(-c4ccccc4)nc4ncnn34)cn2)C[C@@H](C)O1. The number of aromatic nitrogens is 5. The first kappa shape index (κ1) is 19.4. The van der Waals surface area contributed by atoms with Crippen molar-refractivity contribution in [2.24, 2.45) is 0 Å². The summed E-state index contributed by atoms with van der Waals surface area (Å²) in [5.41, 5.74) is 2.98.